The monoisotopic (exact) mass is 356 g/mol. The van der Waals surface area contributed by atoms with Crippen LogP contribution in [-0.4, -0.2) is 11.8 Å². The Hall–Kier alpha value is -2.35. The first-order valence-corrected chi connectivity index (χ1v) is 7.97. The van der Waals surface area contributed by atoms with Crippen molar-refractivity contribution in [3.63, 3.8) is 0 Å². The third kappa shape index (κ3) is 4.14. The highest BCUT2D eigenvalue weighted by molar-refractivity contribution is 7.12. The smallest absolute Gasteiger partial charge is 0.325 e. The molecule has 0 fully saturated rings. The number of amides is 2. The number of halogens is 3. The number of alkyl halides is 3. The molecular weight excluding hydrogens is 341 g/mol. The van der Waals surface area contributed by atoms with Crippen LogP contribution in [0.2, 0.25) is 0 Å². The topological polar surface area (TPSA) is 58.2 Å². The van der Waals surface area contributed by atoms with Gasteiger partial charge in [-0.15, -0.1) is 11.3 Å². The SMILES string of the molecule is CCc1ccsc1C(=O)Nc1cc(C(F)(F)F)ccc1NC(C)=O. The van der Waals surface area contributed by atoms with Gasteiger partial charge in [0.25, 0.3) is 5.91 Å². The Kier molecular flexibility index (Phi) is 5.28. The van der Waals surface area contributed by atoms with Crippen molar-refractivity contribution in [2.45, 2.75) is 26.4 Å². The zero-order valence-corrected chi connectivity index (χ0v) is 13.8. The molecule has 1 heterocycles. The van der Waals surface area contributed by atoms with E-state index in [1.807, 2.05) is 6.92 Å². The number of hydrogen-bond donors (Lipinski definition) is 2. The predicted octanol–water partition coefficient (Wildman–Crippen LogP) is 4.54. The second-order valence-corrected chi connectivity index (χ2v) is 5.94. The van der Waals surface area contributed by atoms with Gasteiger partial charge in [0.05, 0.1) is 21.8 Å². The minimum atomic E-state index is -4.55. The summed E-state index contributed by atoms with van der Waals surface area (Å²) in [4.78, 5) is 24.0. The van der Waals surface area contributed by atoms with Crippen molar-refractivity contribution in [3.05, 3.63) is 45.6 Å². The molecule has 0 aliphatic carbocycles. The van der Waals surface area contributed by atoms with Gasteiger partial charge in [0, 0.05) is 6.92 Å². The predicted molar refractivity (Wildman–Crippen MR) is 87.4 cm³/mol. The second-order valence-electron chi connectivity index (χ2n) is 5.02. The Balaban J connectivity index is 2.38. The molecular formula is C16H15F3N2O2S. The Morgan fingerprint density at radius 1 is 1.12 bits per heavy atom. The maximum atomic E-state index is 12.9. The molecule has 1 aromatic carbocycles. The molecule has 2 N–H and O–H groups in total. The highest BCUT2D eigenvalue weighted by Crippen LogP contribution is 2.34. The van der Waals surface area contributed by atoms with Crippen molar-refractivity contribution in [1.82, 2.24) is 0 Å². The van der Waals surface area contributed by atoms with Crippen molar-refractivity contribution < 1.29 is 22.8 Å². The van der Waals surface area contributed by atoms with Crippen molar-refractivity contribution in [2.75, 3.05) is 10.6 Å². The van der Waals surface area contributed by atoms with Gasteiger partial charge in [-0.2, -0.15) is 13.2 Å². The summed E-state index contributed by atoms with van der Waals surface area (Å²) in [6, 6.07) is 4.57. The molecule has 0 saturated carbocycles. The summed E-state index contributed by atoms with van der Waals surface area (Å²) in [6.07, 6.45) is -3.92. The van der Waals surface area contributed by atoms with Gasteiger partial charge in [0.15, 0.2) is 0 Å². The maximum absolute atomic E-state index is 12.9. The van der Waals surface area contributed by atoms with Gasteiger partial charge in [-0.25, -0.2) is 0 Å². The molecule has 0 radical (unpaired) electrons. The fraction of sp³-hybridized carbons (Fsp3) is 0.250. The fourth-order valence-corrected chi connectivity index (χ4v) is 3.01. The van der Waals surface area contributed by atoms with Gasteiger partial charge in [-0.05, 0) is 41.6 Å². The van der Waals surface area contributed by atoms with Crippen LogP contribution >= 0.6 is 11.3 Å². The lowest BCUT2D eigenvalue weighted by atomic mass is 10.1. The summed E-state index contributed by atoms with van der Waals surface area (Å²) in [5.41, 5.74) is -0.0849. The molecule has 24 heavy (non-hydrogen) atoms. The number of carbonyl (C=O) groups is 2. The zero-order chi connectivity index (χ0) is 17.9. The standard InChI is InChI=1S/C16H15F3N2O2S/c1-3-10-6-7-24-14(10)15(23)21-13-8-11(16(17,18)19)4-5-12(13)20-9(2)22/h4-8H,3H2,1-2H3,(H,20,22)(H,21,23). The van der Waals surface area contributed by atoms with Crippen LogP contribution in [0, 0.1) is 0 Å². The molecule has 1 aromatic heterocycles. The largest absolute Gasteiger partial charge is 0.416 e. The summed E-state index contributed by atoms with van der Waals surface area (Å²) in [6.45, 7) is 3.11. The molecule has 0 bridgehead atoms. The molecule has 0 unspecified atom stereocenters. The van der Waals surface area contributed by atoms with E-state index in [1.165, 1.54) is 18.3 Å². The van der Waals surface area contributed by atoms with Gasteiger partial charge in [0.1, 0.15) is 0 Å². The summed E-state index contributed by atoms with van der Waals surface area (Å²) in [5.74, 6) is -0.955. The number of aryl methyl sites for hydroxylation is 1. The summed E-state index contributed by atoms with van der Waals surface area (Å²) in [5, 5.41) is 6.62. The molecule has 0 spiro atoms. The fourth-order valence-electron chi connectivity index (χ4n) is 2.12. The number of hydrogen-bond acceptors (Lipinski definition) is 3. The molecule has 0 saturated heterocycles. The van der Waals surface area contributed by atoms with E-state index in [4.69, 9.17) is 0 Å². The maximum Gasteiger partial charge on any atom is 0.416 e. The summed E-state index contributed by atoms with van der Waals surface area (Å²) < 4.78 is 38.7. The first-order valence-electron chi connectivity index (χ1n) is 7.09. The van der Waals surface area contributed by atoms with E-state index in [9.17, 15) is 22.8 Å². The van der Waals surface area contributed by atoms with Gasteiger partial charge in [-0.1, -0.05) is 6.92 Å². The Morgan fingerprint density at radius 3 is 2.42 bits per heavy atom. The van der Waals surface area contributed by atoms with Crippen LogP contribution < -0.4 is 10.6 Å². The molecule has 4 nitrogen and oxygen atoms in total. The van der Waals surface area contributed by atoms with Crippen LogP contribution in [0.25, 0.3) is 0 Å². The molecule has 0 atom stereocenters. The van der Waals surface area contributed by atoms with Crippen LogP contribution in [0.1, 0.15) is 34.6 Å². The number of benzene rings is 1. The molecule has 2 rings (SSSR count). The van der Waals surface area contributed by atoms with E-state index in [0.29, 0.717) is 11.3 Å². The van der Waals surface area contributed by atoms with E-state index < -0.39 is 23.6 Å². The molecule has 8 heteroatoms. The van der Waals surface area contributed by atoms with E-state index >= 15 is 0 Å². The third-order valence-electron chi connectivity index (χ3n) is 3.24. The van der Waals surface area contributed by atoms with Crippen molar-refractivity contribution in [2.24, 2.45) is 0 Å². The van der Waals surface area contributed by atoms with Gasteiger partial charge in [-0.3, -0.25) is 9.59 Å². The van der Waals surface area contributed by atoms with Crippen LogP contribution in [0.15, 0.2) is 29.6 Å². The summed E-state index contributed by atoms with van der Waals surface area (Å²) in [7, 11) is 0. The lowest BCUT2D eigenvalue weighted by molar-refractivity contribution is -0.137. The Bertz CT molecular complexity index is 769. The summed E-state index contributed by atoms with van der Waals surface area (Å²) >= 11 is 1.21. The number of rotatable bonds is 4. The van der Waals surface area contributed by atoms with E-state index in [-0.39, 0.29) is 11.4 Å². The first-order chi connectivity index (χ1) is 11.2. The van der Waals surface area contributed by atoms with Crippen LogP contribution in [0.5, 0.6) is 0 Å². The lowest BCUT2D eigenvalue weighted by Gasteiger charge is -2.15. The Morgan fingerprint density at radius 2 is 1.83 bits per heavy atom. The van der Waals surface area contributed by atoms with Crippen LogP contribution in [0.3, 0.4) is 0 Å². The average Bonchev–Trinajstić information content (AvgIpc) is 2.96. The van der Waals surface area contributed by atoms with E-state index in [0.717, 1.165) is 23.8 Å². The number of thiophene rings is 1. The third-order valence-corrected chi connectivity index (χ3v) is 4.20. The second kappa shape index (κ2) is 7.04. The van der Waals surface area contributed by atoms with Gasteiger partial charge >= 0.3 is 6.18 Å². The highest BCUT2D eigenvalue weighted by atomic mass is 32.1. The Labute approximate surface area is 140 Å². The molecule has 2 aromatic rings. The normalized spacial score (nSPS) is 11.2. The van der Waals surface area contributed by atoms with Crippen LogP contribution in [-0.2, 0) is 17.4 Å². The van der Waals surface area contributed by atoms with Gasteiger partial charge < -0.3 is 10.6 Å². The average molecular weight is 356 g/mol. The first kappa shape index (κ1) is 18.0. The van der Waals surface area contributed by atoms with Crippen molar-refractivity contribution >= 4 is 34.5 Å². The van der Waals surface area contributed by atoms with Gasteiger partial charge in [0.2, 0.25) is 5.91 Å². The minimum Gasteiger partial charge on any atom is -0.325 e. The lowest BCUT2D eigenvalue weighted by Crippen LogP contribution is -2.16. The zero-order valence-electron chi connectivity index (χ0n) is 13.0. The van der Waals surface area contributed by atoms with Crippen molar-refractivity contribution in [3.8, 4) is 0 Å². The number of nitrogens with one attached hydrogen (secondary N) is 2. The van der Waals surface area contributed by atoms with E-state index in [2.05, 4.69) is 10.6 Å². The molecule has 2 amide bonds. The molecule has 0 aliphatic rings. The minimum absolute atomic E-state index is 0.0968. The molecule has 128 valence electrons. The van der Waals surface area contributed by atoms with Crippen molar-refractivity contribution in [1.29, 1.82) is 0 Å². The molecule has 0 aliphatic heterocycles. The number of anilines is 2. The quantitative estimate of drug-likeness (QED) is 0.845. The number of carbonyl (C=O) groups excluding carboxylic acids is 2. The highest BCUT2D eigenvalue weighted by Gasteiger charge is 2.31. The van der Waals surface area contributed by atoms with Crippen LogP contribution in [0.4, 0.5) is 24.5 Å². The van der Waals surface area contributed by atoms with E-state index in [1.54, 1.807) is 11.4 Å².